The Morgan fingerprint density at radius 3 is 1.89 bits per heavy atom. The molecule has 36 heavy (non-hydrogen) atoms. The van der Waals surface area contributed by atoms with E-state index in [0.717, 1.165) is 12.8 Å². The van der Waals surface area contributed by atoms with E-state index in [0.29, 0.717) is 78.2 Å². The van der Waals surface area contributed by atoms with Crippen LogP contribution in [0, 0.1) is 5.92 Å². The maximum Gasteiger partial charge on any atom is 0.246 e. The third-order valence-corrected chi connectivity index (χ3v) is 5.32. The summed E-state index contributed by atoms with van der Waals surface area (Å²) in [5.74, 6) is -0.463. The van der Waals surface area contributed by atoms with E-state index in [-0.39, 0.29) is 49.1 Å². The van der Waals surface area contributed by atoms with E-state index >= 15 is 0 Å². The van der Waals surface area contributed by atoms with Crippen LogP contribution in [-0.2, 0) is 38.1 Å². The fourth-order valence-electron chi connectivity index (χ4n) is 3.15. The Labute approximate surface area is 214 Å². The molecule has 0 unspecified atom stereocenters. The van der Waals surface area contributed by atoms with E-state index in [1.807, 2.05) is 13.8 Å². The van der Waals surface area contributed by atoms with Gasteiger partial charge in [0, 0.05) is 38.5 Å². The average Bonchev–Trinajstić information content (AvgIpc) is 2.88. The Morgan fingerprint density at radius 1 is 0.722 bits per heavy atom. The molecule has 0 fully saturated rings. The van der Waals surface area contributed by atoms with Crippen molar-refractivity contribution < 1.29 is 43.2 Å². The van der Waals surface area contributed by atoms with Gasteiger partial charge in [0.2, 0.25) is 11.8 Å². The molecule has 1 atom stereocenters. The van der Waals surface area contributed by atoms with Crippen LogP contribution in [0.15, 0.2) is 0 Å². The molecule has 0 heterocycles. The largest absolute Gasteiger partial charge is 0.389 e. The fraction of sp³-hybridized carbons (Fsp3) is 0.840. The number of aliphatic hydroxyl groups is 1. The molecule has 2 amide bonds. The predicted molar refractivity (Wildman–Crippen MR) is 134 cm³/mol. The lowest BCUT2D eigenvalue weighted by atomic mass is 9.95. The summed E-state index contributed by atoms with van der Waals surface area (Å²) >= 11 is 0. The molecule has 0 bridgehead atoms. The molecule has 0 aliphatic rings. The molecular formula is C25H46N2O9. The number of amides is 2. The lowest BCUT2D eigenvalue weighted by molar-refractivity contribution is -0.127. The smallest absolute Gasteiger partial charge is 0.246 e. The number of ether oxygens (including phenoxy) is 4. The summed E-state index contributed by atoms with van der Waals surface area (Å²) in [7, 11) is 0. The van der Waals surface area contributed by atoms with E-state index < -0.39 is 6.61 Å². The number of ketones is 2. The van der Waals surface area contributed by atoms with Gasteiger partial charge in [-0.3, -0.25) is 19.2 Å². The van der Waals surface area contributed by atoms with Gasteiger partial charge < -0.3 is 34.7 Å². The number of Topliss-reactive ketones (excluding diaryl/α,β-unsaturated/α-hetero) is 2. The van der Waals surface area contributed by atoms with E-state index in [9.17, 15) is 19.2 Å². The average molecular weight is 519 g/mol. The van der Waals surface area contributed by atoms with Crippen molar-refractivity contribution in [3.8, 4) is 0 Å². The Bertz CT molecular complexity index is 602. The molecule has 11 heteroatoms. The third-order valence-electron chi connectivity index (χ3n) is 5.32. The van der Waals surface area contributed by atoms with Crippen molar-refractivity contribution in [2.75, 3.05) is 72.6 Å². The zero-order chi connectivity index (χ0) is 26.9. The zero-order valence-electron chi connectivity index (χ0n) is 22.0. The van der Waals surface area contributed by atoms with E-state index in [2.05, 4.69) is 10.6 Å². The first kappa shape index (κ1) is 34.1. The van der Waals surface area contributed by atoms with Crippen LogP contribution < -0.4 is 10.6 Å². The Hall–Kier alpha value is -1.92. The molecule has 0 aromatic carbocycles. The number of rotatable bonds is 26. The monoisotopic (exact) mass is 518 g/mol. The number of carbonyl (C=O) groups is 4. The molecule has 0 aliphatic carbocycles. The van der Waals surface area contributed by atoms with Gasteiger partial charge in [0.05, 0.1) is 33.0 Å². The molecule has 210 valence electrons. The van der Waals surface area contributed by atoms with Gasteiger partial charge in [-0.05, 0) is 25.7 Å². The summed E-state index contributed by atoms with van der Waals surface area (Å²) in [5.41, 5.74) is 0. The first-order chi connectivity index (χ1) is 17.4. The highest BCUT2D eigenvalue weighted by Gasteiger charge is 2.14. The number of carbonyl (C=O) groups excluding carboxylic acids is 4. The highest BCUT2D eigenvalue weighted by molar-refractivity contribution is 5.81. The number of hydrogen-bond acceptors (Lipinski definition) is 9. The quantitative estimate of drug-likeness (QED) is 0.141. The Kier molecular flexibility index (Phi) is 23.4. The molecular weight excluding hydrogens is 472 g/mol. The second kappa shape index (κ2) is 24.8. The van der Waals surface area contributed by atoms with Gasteiger partial charge in [0.25, 0.3) is 0 Å². The van der Waals surface area contributed by atoms with Gasteiger partial charge in [-0.1, -0.05) is 20.3 Å². The molecule has 0 aromatic heterocycles. The third kappa shape index (κ3) is 21.4. The SMILES string of the molecule is CCC(=O)CCCOCCOCC(=O)NCCOCCOCC(=O)NCCCC[C@H](CC)C(=O)CO. The lowest BCUT2D eigenvalue weighted by Crippen LogP contribution is -2.31. The van der Waals surface area contributed by atoms with Gasteiger partial charge in [-0.2, -0.15) is 0 Å². The summed E-state index contributed by atoms with van der Waals surface area (Å²) in [6.07, 6.45) is 4.77. The second-order valence-electron chi connectivity index (χ2n) is 8.25. The minimum atomic E-state index is -0.415. The van der Waals surface area contributed by atoms with Gasteiger partial charge in [-0.25, -0.2) is 0 Å². The van der Waals surface area contributed by atoms with Crippen molar-refractivity contribution in [3.05, 3.63) is 0 Å². The van der Waals surface area contributed by atoms with Crippen LogP contribution >= 0.6 is 0 Å². The van der Waals surface area contributed by atoms with E-state index in [4.69, 9.17) is 24.1 Å². The molecule has 0 rings (SSSR count). The van der Waals surface area contributed by atoms with E-state index in [1.165, 1.54) is 0 Å². The van der Waals surface area contributed by atoms with Crippen LogP contribution in [0.2, 0.25) is 0 Å². The molecule has 0 saturated carbocycles. The highest BCUT2D eigenvalue weighted by atomic mass is 16.5. The van der Waals surface area contributed by atoms with Gasteiger partial charge in [0.1, 0.15) is 25.6 Å². The van der Waals surface area contributed by atoms with Crippen LogP contribution in [0.1, 0.15) is 58.8 Å². The zero-order valence-corrected chi connectivity index (χ0v) is 22.0. The first-order valence-electron chi connectivity index (χ1n) is 12.9. The van der Waals surface area contributed by atoms with Crippen molar-refractivity contribution in [2.45, 2.75) is 58.8 Å². The maximum absolute atomic E-state index is 11.7. The Morgan fingerprint density at radius 2 is 1.31 bits per heavy atom. The van der Waals surface area contributed by atoms with Crippen LogP contribution in [-0.4, -0.2) is 101 Å². The van der Waals surface area contributed by atoms with Crippen LogP contribution in [0.25, 0.3) is 0 Å². The van der Waals surface area contributed by atoms with Crippen molar-refractivity contribution in [1.29, 1.82) is 0 Å². The number of hydrogen-bond donors (Lipinski definition) is 3. The van der Waals surface area contributed by atoms with Crippen molar-refractivity contribution in [1.82, 2.24) is 10.6 Å². The summed E-state index contributed by atoms with van der Waals surface area (Å²) < 4.78 is 21.2. The summed E-state index contributed by atoms with van der Waals surface area (Å²) in [5, 5.41) is 14.3. The minimum Gasteiger partial charge on any atom is -0.389 e. The summed E-state index contributed by atoms with van der Waals surface area (Å²) in [6, 6.07) is 0. The van der Waals surface area contributed by atoms with Crippen LogP contribution in [0.4, 0.5) is 0 Å². The molecule has 0 radical (unpaired) electrons. The van der Waals surface area contributed by atoms with Gasteiger partial charge >= 0.3 is 0 Å². The number of unbranched alkanes of at least 4 members (excludes halogenated alkanes) is 1. The molecule has 3 N–H and O–H groups in total. The van der Waals surface area contributed by atoms with E-state index in [1.54, 1.807) is 0 Å². The molecule has 0 aliphatic heterocycles. The second-order valence-corrected chi connectivity index (χ2v) is 8.25. The predicted octanol–water partition coefficient (Wildman–Crippen LogP) is 0.802. The molecule has 0 aromatic rings. The summed E-state index contributed by atoms with van der Waals surface area (Å²) in [4.78, 5) is 46.0. The number of aliphatic hydroxyl groups excluding tert-OH is 1. The summed E-state index contributed by atoms with van der Waals surface area (Å²) in [6.45, 7) is 6.16. The number of nitrogens with one attached hydrogen (secondary N) is 2. The normalized spacial score (nSPS) is 11.8. The minimum absolute atomic E-state index is 0.0569. The molecule has 11 nitrogen and oxygen atoms in total. The molecule has 0 saturated heterocycles. The lowest BCUT2D eigenvalue weighted by Gasteiger charge is -2.12. The Balaban J connectivity index is 3.42. The van der Waals surface area contributed by atoms with Crippen molar-refractivity contribution in [2.24, 2.45) is 5.92 Å². The first-order valence-corrected chi connectivity index (χ1v) is 12.9. The topological polar surface area (TPSA) is 149 Å². The van der Waals surface area contributed by atoms with Gasteiger partial charge in [0.15, 0.2) is 5.78 Å². The van der Waals surface area contributed by atoms with Crippen LogP contribution in [0.3, 0.4) is 0 Å². The van der Waals surface area contributed by atoms with Gasteiger partial charge in [-0.15, -0.1) is 0 Å². The van der Waals surface area contributed by atoms with Crippen molar-refractivity contribution >= 4 is 23.4 Å². The fourth-order valence-corrected chi connectivity index (χ4v) is 3.15. The van der Waals surface area contributed by atoms with Crippen molar-refractivity contribution in [3.63, 3.8) is 0 Å². The maximum atomic E-state index is 11.7. The molecule has 0 spiro atoms. The highest BCUT2D eigenvalue weighted by Crippen LogP contribution is 2.13. The van der Waals surface area contributed by atoms with Crippen LogP contribution in [0.5, 0.6) is 0 Å². The standard InChI is InChI=1S/C25H46N2O9/c1-3-21(23(30)18-28)8-5-6-10-26-24(31)19-36-17-15-34-13-11-27-25(32)20-35-16-14-33-12-7-9-22(29)4-2/h21,28H,3-20H2,1-2H3,(H,26,31)(H,27,32)/t21-/m0/s1.